The third kappa shape index (κ3) is 4.41. The normalized spacial score (nSPS) is 11.7. The minimum atomic E-state index is -0.852. The number of hydrogen-bond acceptors (Lipinski definition) is 5. The molecule has 116 valence electrons. The Morgan fingerprint density at radius 1 is 1.32 bits per heavy atom. The molecule has 1 atom stereocenters. The molecule has 2 aromatic rings. The van der Waals surface area contributed by atoms with Gasteiger partial charge in [-0.2, -0.15) is 0 Å². The van der Waals surface area contributed by atoms with Crippen LogP contribution in [0.15, 0.2) is 41.1 Å². The molecule has 0 aliphatic carbocycles. The number of benzene rings is 1. The van der Waals surface area contributed by atoms with E-state index in [4.69, 9.17) is 0 Å². The lowest BCUT2D eigenvalue weighted by Gasteiger charge is -2.16. The molecule has 0 saturated heterocycles. The number of esters is 1. The molecule has 6 nitrogen and oxygen atoms in total. The zero-order chi connectivity index (χ0) is 15.9. The fourth-order valence-electron chi connectivity index (χ4n) is 1.93. The summed E-state index contributed by atoms with van der Waals surface area (Å²) < 4.78 is 22.2. The highest BCUT2D eigenvalue weighted by atomic mass is 19.1. The van der Waals surface area contributed by atoms with E-state index < -0.39 is 12.0 Å². The highest BCUT2D eigenvalue weighted by molar-refractivity contribution is 5.85. The van der Waals surface area contributed by atoms with Crippen LogP contribution in [0.25, 0.3) is 0 Å². The van der Waals surface area contributed by atoms with Gasteiger partial charge in [0.15, 0.2) is 0 Å². The number of amides is 1. The molecule has 0 spiro atoms. The van der Waals surface area contributed by atoms with Gasteiger partial charge in [-0.15, -0.1) is 0 Å². The summed E-state index contributed by atoms with van der Waals surface area (Å²) in [5.41, 5.74) is 1.17. The van der Waals surface area contributed by atoms with Gasteiger partial charge in [-0.1, -0.05) is 17.3 Å². The Bertz CT molecular complexity index is 626. The van der Waals surface area contributed by atoms with Crippen molar-refractivity contribution in [3.63, 3.8) is 0 Å². The molecule has 0 aliphatic heterocycles. The molecule has 7 heteroatoms. The zero-order valence-corrected chi connectivity index (χ0v) is 11.9. The molecule has 2 rings (SSSR count). The maximum atomic E-state index is 12.9. The molecule has 0 radical (unpaired) electrons. The minimum absolute atomic E-state index is 0.00654. The van der Waals surface area contributed by atoms with Crippen molar-refractivity contribution in [2.75, 3.05) is 7.11 Å². The van der Waals surface area contributed by atoms with Crippen molar-refractivity contribution in [1.82, 2.24) is 10.5 Å². The van der Waals surface area contributed by atoms with E-state index in [1.807, 2.05) is 0 Å². The first-order valence-corrected chi connectivity index (χ1v) is 6.59. The van der Waals surface area contributed by atoms with Gasteiger partial charge in [0.2, 0.25) is 5.91 Å². The van der Waals surface area contributed by atoms with Crippen molar-refractivity contribution in [1.29, 1.82) is 0 Å². The standard InChI is InChI=1S/C15H15FN2O4/c1-21-15(20)13(8-10-2-4-11(16)5-3-10)17-14(19)9-12-6-7-22-18-12/h2-7,13H,8-9H2,1H3,(H,17,19)/t13-/m0/s1. The van der Waals surface area contributed by atoms with Crippen molar-refractivity contribution >= 4 is 11.9 Å². The minimum Gasteiger partial charge on any atom is -0.467 e. The van der Waals surface area contributed by atoms with Crippen LogP contribution in [-0.4, -0.2) is 30.2 Å². The van der Waals surface area contributed by atoms with E-state index in [9.17, 15) is 14.0 Å². The molecular weight excluding hydrogens is 291 g/mol. The highest BCUT2D eigenvalue weighted by Gasteiger charge is 2.22. The molecule has 1 amide bonds. The Balaban J connectivity index is 2.01. The van der Waals surface area contributed by atoms with Crippen LogP contribution < -0.4 is 5.32 Å². The van der Waals surface area contributed by atoms with Crippen LogP contribution in [0.1, 0.15) is 11.3 Å². The molecule has 0 fully saturated rings. The first kappa shape index (κ1) is 15.7. The van der Waals surface area contributed by atoms with E-state index in [0.29, 0.717) is 11.3 Å². The highest BCUT2D eigenvalue weighted by Crippen LogP contribution is 2.07. The molecule has 22 heavy (non-hydrogen) atoms. The van der Waals surface area contributed by atoms with E-state index in [2.05, 4.69) is 19.7 Å². The number of aromatic nitrogens is 1. The van der Waals surface area contributed by atoms with E-state index in [1.54, 1.807) is 18.2 Å². The summed E-state index contributed by atoms with van der Waals surface area (Å²) in [7, 11) is 1.24. The van der Waals surface area contributed by atoms with Gasteiger partial charge < -0.3 is 14.6 Å². The summed E-state index contributed by atoms with van der Waals surface area (Å²) in [5.74, 6) is -1.32. The third-order valence-corrected chi connectivity index (χ3v) is 3.01. The third-order valence-electron chi connectivity index (χ3n) is 3.01. The lowest BCUT2D eigenvalue weighted by atomic mass is 10.1. The lowest BCUT2D eigenvalue weighted by Crippen LogP contribution is -2.43. The molecule has 1 N–H and O–H groups in total. The van der Waals surface area contributed by atoms with Crippen molar-refractivity contribution in [3.05, 3.63) is 53.7 Å². The smallest absolute Gasteiger partial charge is 0.328 e. The summed E-state index contributed by atoms with van der Waals surface area (Å²) in [6, 6.07) is 6.40. The van der Waals surface area contributed by atoms with Gasteiger partial charge in [-0.25, -0.2) is 9.18 Å². The van der Waals surface area contributed by atoms with Crippen LogP contribution >= 0.6 is 0 Å². The maximum Gasteiger partial charge on any atom is 0.328 e. The average Bonchev–Trinajstić information content (AvgIpc) is 3.00. The van der Waals surface area contributed by atoms with Crippen LogP contribution in [0.2, 0.25) is 0 Å². The van der Waals surface area contributed by atoms with E-state index in [1.165, 1.54) is 25.5 Å². The summed E-state index contributed by atoms with van der Waals surface area (Å²) in [5, 5.41) is 6.21. The SMILES string of the molecule is COC(=O)[C@H](Cc1ccc(F)cc1)NC(=O)Cc1ccon1. The number of rotatable bonds is 6. The van der Waals surface area contributed by atoms with Gasteiger partial charge >= 0.3 is 5.97 Å². The van der Waals surface area contributed by atoms with Crippen LogP contribution in [0.3, 0.4) is 0 Å². The second kappa shape index (κ2) is 7.35. The maximum absolute atomic E-state index is 12.9. The van der Waals surface area contributed by atoms with Crippen LogP contribution in [-0.2, 0) is 27.2 Å². The molecular formula is C15H15FN2O4. The van der Waals surface area contributed by atoms with E-state index in [0.717, 1.165) is 0 Å². The number of carbonyl (C=O) groups excluding carboxylic acids is 2. The number of carbonyl (C=O) groups is 2. The van der Waals surface area contributed by atoms with Crippen molar-refractivity contribution in [3.8, 4) is 0 Å². The topological polar surface area (TPSA) is 81.4 Å². The second-order valence-electron chi connectivity index (χ2n) is 4.64. The van der Waals surface area contributed by atoms with Gasteiger partial charge in [0.1, 0.15) is 18.1 Å². The predicted octanol–water partition coefficient (Wildman–Crippen LogP) is 1.26. The first-order chi connectivity index (χ1) is 10.6. The van der Waals surface area contributed by atoms with Gasteiger partial charge in [-0.3, -0.25) is 4.79 Å². The van der Waals surface area contributed by atoms with Crippen molar-refractivity contribution < 1.29 is 23.2 Å². The second-order valence-corrected chi connectivity index (χ2v) is 4.64. The van der Waals surface area contributed by atoms with E-state index >= 15 is 0 Å². The van der Waals surface area contributed by atoms with Gasteiger partial charge in [-0.05, 0) is 17.7 Å². The number of ether oxygens (including phenoxy) is 1. The van der Waals surface area contributed by atoms with Crippen LogP contribution in [0.4, 0.5) is 4.39 Å². The lowest BCUT2D eigenvalue weighted by molar-refractivity contribution is -0.145. The Morgan fingerprint density at radius 3 is 2.64 bits per heavy atom. The van der Waals surface area contributed by atoms with Crippen LogP contribution in [0, 0.1) is 5.82 Å². The summed E-state index contributed by atoms with van der Waals surface area (Å²) >= 11 is 0. The molecule has 0 saturated carbocycles. The summed E-state index contributed by atoms with van der Waals surface area (Å²) in [6.07, 6.45) is 1.56. The Labute approximate surface area is 126 Å². The number of methoxy groups -OCH3 is 1. The largest absolute Gasteiger partial charge is 0.467 e. The van der Waals surface area contributed by atoms with E-state index in [-0.39, 0.29) is 24.6 Å². The Hall–Kier alpha value is -2.70. The van der Waals surface area contributed by atoms with Crippen LogP contribution in [0.5, 0.6) is 0 Å². The molecule has 0 aliphatic rings. The Morgan fingerprint density at radius 2 is 2.05 bits per heavy atom. The monoisotopic (exact) mass is 306 g/mol. The number of nitrogens with one attached hydrogen (secondary N) is 1. The molecule has 1 heterocycles. The fourth-order valence-corrected chi connectivity index (χ4v) is 1.93. The number of halogens is 1. The predicted molar refractivity (Wildman–Crippen MR) is 74.3 cm³/mol. The van der Waals surface area contributed by atoms with Crippen molar-refractivity contribution in [2.45, 2.75) is 18.9 Å². The van der Waals surface area contributed by atoms with Gasteiger partial charge in [0.25, 0.3) is 0 Å². The van der Waals surface area contributed by atoms with Crippen molar-refractivity contribution in [2.24, 2.45) is 0 Å². The fraction of sp³-hybridized carbons (Fsp3) is 0.267. The number of nitrogens with zero attached hydrogens (tertiary/aromatic N) is 1. The molecule has 0 unspecified atom stereocenters. The average molecular weight is 306 g/mol. The molecule has 1 aromatic carbocycles. The van der Waals surface area contributed by atoms with Gasteiger partial charge in [0, 0.05) is 12.5 Å². The molecule has 1 aromatic heterocycles. The zero-order valence-electron chi connectivity index (χ0n) is 11.9. The van der Waals surface area contributed by atoms with Gasteiger partial charge in [0.05, 0.1) is 19.2 Å². The number of hydrogen-bond donors (Lipinski definition) is 1. The molecule has 0 bridgehead atoms. The quantitative estimate of drug-likeness (QED) is 0.813. The first-order valence-electron chi connectivity index (χ1n) is 6.59. The summed E-state index contributed by atoms with van der Waals surface area (Å²) in [4.78, 5) is 23.7. The summed E-state index contributed by atoms with van der Waals surface area (Å²) in [6.45, 7) is 0. The Kier molecular flexibility index (Phi) is 5.24.